The molecule has 0 aromatic heterocycles. The molecular weight excluding hydrogens is 302 g/mol. The molecule has 0 atom stereocenters. The van der Waals surface area contributed by atoms with Crippen molar-refractivity contribution in [2.24, 2.45) is 5.92 Å². The van der Waals surface area contributed by atoms with Crippen molar-refractivity contribution >= 4 is 12.0 Å². The average Bonchev–Trinajstić information content (AvgIpc) is 2.32. The van der Waals surface area contributed by atoms with E-state index >= 15 is 0 Å². The summed E-state index contributed by atoms with van der Waals surface area (Å²) in [4.78, 5) is 11.0. The van der Waals surface area contributed by atoms with Crippen molar-refractivity contribution in [2.45, 2.75) is 12.4 Å². The standard InChI is InChI=1S/C13H10F6O2/c14-12(15,16)10(13(17,18)19)11(20)21-8-4-7-9-5-2-1-3-6-9/h1-7,10H,8H2. The zero-order chi connectivity index (χ0) is 16.1. The van der Waals surface area contributed by atoms with E-state index in [2.05, 4.69) is 4.74 Å². The minimum atomic E-state index is -5.74. The van der Waals surface area contributed by atoms with Crippen molar-refractivity contribution in [2.75, 3.05) is 6.61 Å². The third-order valence-electron chi connectivity index (χ3n) is 2.32. The lowest BCUT2D eigenvalue weighted by atomic mass is 10.1. The molecule has 0 saturated heterocycles. The van der Waals surface area contributed by atoms with Crippen molar-refractivity contribution in [1.29, 1.82) is 0 Å². The van der Waals surface area contributed by atoms with Crippen LogP contribution in [0.4, 0.5) is 26.3 Å². The highest BCUT2D eigenvalue weighted by molar-refractivity contribution is 5.74. The maximum atomic E-state index is 12.2. The lowest BCUT2D eigenvalue weighted by Crippen LogP contribution is -2.43. The topological polar surface area (TPSA) is 26.3 Å². The Bertz CT molecular complexity index is 476. The van der Waals surface area contributed by atoms with Gasteiger partial charge in [0.25, 0.3) is 0 Å². The molecule has 116 valence electrons. The molecule has 0 aliphatic heterocycles. The number of hydrogen-bond donors (Lipinski definition) is 0. The molecule has 21 heavy (non-hydrogen) atoms. The minimum Gasteiger partial charge on any atom is -0.461 e. The van der Waals surface area contributed by atoms with Gasteiger partial charge in [0, 0.05) is 0 Å². The number of rotatable bonds is 4. The van der Waals surface area contributed by atoms with E-state index in [1.807, 2.05) is 0 Å². The van der Waals surface area contributed by atoms with Gasteiger partial charge < -0.3 is 4.74 Å². The Hall–Kier alpha value is -1.99. The Balaban J connectivity index is 2.61. The van der Waals surface area contributed by atoms with Crippen molar-refractivity contribution in [3.8, 4) is 0 Å². The third kappa shape index (κ3) is 5.49. The fourth-order valence-electron chi connectivity index (χ4n) is 1.41. The summed E-state index contributed by atoms with van der Waals surface area (Å²) in [6, 6.07) is 8.43. The van der Waals surface area contributed by atoms with E-state index in [1.54, 1.807) is 30.3 Å². The highest BCUT2D eigenvalue weighted by atomic mass is 19.4. The first-order valence-electron chi connectivity index (χ1n) is 5.64. The second-order valence-electron chi connectivity index (χ2n) is 3.96. The van der Waals surface area contributed by atoms with Crippen LogP contribution >= 0.6 is 0 Å². The molecule has 1 rings (SSSR count). The summed E-state index contributed by atoms with van der Waals surface area (Å²) in [5.74, 6) is -6.50. The molecule has 0 aliphatic rings. The molecule has 0 saturated carbocycles. The van der Waals surface area contributed by atoms with Crippen molar-refractivity contribution < 1.29 is 35.9 Å². The van der Waals surface area contributed by atoms with E-state index in [4.69, 9.17) is 0 Å². The predicted octanol–water partition coefficient (Wildman–Crippen LogP) is 3.98. The van der Waals surface area contributed by atoms with Crippen LogP contribution in [0.5, 0.6) is 0 Å². The van der Waals surface area contributed by atoms with Crippen molar-refractivity contribution in [3.05, 3.63) is 42.0 Å². The van der Waals surface area contributed by atoms with Gasteiger partial charge in [0.05, 0.1) is 0 Å². The van der Waals surface area contributed by atoms with E-state index in [-0.39, 0.29) is 0 Å². The molecule has 0 unspecified atom stereocenters. The molecule has 2 nitrogen and oxygen atoms in total. The fourth-order valence-corrected chi connectivity index (χ4v) is 1.41. The van der Waals surface area contributed by atoms with Gasteiger partial charge in [0.15, 0.2) is 0 Å². The summed E-state index contributed by atoms with van der Waals surface area (Å²) < 4.78 is 77.2. The Morgan fingerprint density at radius 1 is 1.05 bits per heavy atom. The third-order valence-corrected chi connectivity index (χ3v) is 2.32. The summed E-state index contributed by atoms with van der Waals surface area (Å²) in [7, 11) is 0. The number of hydrogen-bond acceptors (Lipinski definition) is 2. The van der Waals surface area contributed by atoms with Gasteiger partial charge in [-0.3, -0.25) is 4.79 Å². The number of benzene rings is 1. The van der Waals surface area contributed by atoms with Crippen LogP contribution < -0.4 is 0 Å². The number of ether oxygens (including phenoxy) is 1. The molecule has 0 aliphatic carbocycles. The molecule has 0 N–H and O–H groups in total. The van der Waals surface area contributed by atoms with Gasteiger partial charge in [-0.25, -0.2) is 0 Å². The summed E-state index contributed by atoms with van der Waals surface area (Å²) in [6.07, 6.45) is -8.92. The van der Waals surface area contributed by atoms with Crippen LogP contribution in [0.2, 0.25) is 0 Å². The molecule has 0 fully saturated rings. The molecule has 0 spiro atoms. The summed E-state index contributed by atoms with van der Waals surface area (Å²) in [6.45, 7) is -0.684. The molecule has 0 radical (unpaired) electrons. The van der Waals surface area contributed by atoms with Crippen LogP contribution in [0.15, 0.2) is 36.4 Å². The number of halogens is 6. The molecule has 8 heteroatoms. The van der Waals surface area contributed by atoms with E-state index in [9.17, 15) is 31.1 Å². The van der Waals surface area contributed by atoms with Crippen LogP contribution in [0.1, 0.15) is 5.56 Å². The van der Waals surface area contributed by atoms with Crippen LogP contribution in [-0.2, 0) is 9.53 Å². The Morgan fingerprint density at radius 3 is 2.05 bits per heavy atom. The smallest absolute Gasteiger partial charge is 0.411 e. The second-order valence-corrected chi connectivity index (χ2v) is 3.96. The number of carbonyl (C=O) groups excluding carboxylic acids is 1. The van der Waals surface area contributed by atoms with E-state index in [1.165, 1.54) is 6.08 Å². The molecule has 1 aromatic carbocycles. The normalized spacial score (nSPS) is 12.9. The molecular formula is C13H10F6O2. The maximum Gasteiger partial charge on any atom is 0.411 e. The van der Waals surface area contributed by atoms with Crippen LogP contribution in [-0.4, -0.2) is 24.9 Å². The van der Waals surface area contributed by atoms with Gasteiger partial charge >= 0.3 is 18.3 Å². The van der Waals surface area contributed by atoms with Gasteiger partial charge in [-0.05, 0) is 11.6 Å². The van der Waals surface area contributed by atoms with E-state index < -0.39 is 30.8 Å². The second kappa shape index (κ2) is 6.64. The van der Waals surface area contributed by atoms with E-state index in [0.29, 0.717) is 5.56 Å². The highest BCUT2D eigenvalue weighted by Gasteiger charge is 2.62. The summed E-state index contributed by atoms with van der Waals surface area (Å²) >= 11 is 0. The fraction of sp³-hybridized carbons (Fsp3) is 0.308. The zero-order valence-electron chi connectivity index (χ0n) is 10.4. The lowest BCUT2D eigenvalue weighted by molar-refractivity contribution is -0.281. The van der Waals surface area contributed by atoms with E-state index in [0.717, 1.165) is 6.08 Å². The maximum absolute atomic E-state index is 12.2. The van der Waals surface area contributed by atoms with Gasteiger partial charge in [0.1, 0.15) is 6.61 Å². The lowest BCUT2D eigenvalue weighted by Gasteiger charge is -2.20. The van der Waals surface area contributed by atoms with Gasteiger partial charge in [0.2, 0.25) is 5.92 Å². The molecule has 0 amide bonds. The first-order valence-corrected chi connectivity index (χ1v) is 5.64. The molecule has 0 bridgehead atoms. The minimum absolute atomic E-state index is 0.664. The van der Waals surface area contributed by atoms with Gasteiger partial charge in [-0.1, -0.05) is 36.4 Å². The van der Waals surface area contributed by atoms with Crippen LogP contribution in [0.25, 0.3) is 6.08 Å². The van der Waals surface area contributed by atoms with Gasteiger partial charge in [-0.2, -0.15) is 26.3 Å². The SMILES string of the molecule is O=C(OCC=Cc1ccccc1)C(C(F)(F)F)C(F)(F)F. The van der Waals surface area contributed by atoms with Crippen molar-refractivity contribution in [1.82, 2.24) is 0 Å². The zero-order valence-corrected chi connectivity index (χ0v) is 10.4. The van der Waals surface area contributed by atoms with Gasteiger partial charge in [-0.15, -0.1) is 0 Å². The first kappa shape index (κ1) is 17.1. The molecule has 1 aromatic rings. The van der Waals surface area contributed by atoms with Crippen LogP contribution in [0, 0.1) is 5.92 Å². The highest BCUT2D eigenvalue weighted by Crippen LogP contribution is 2.39. The average molecular weight is 312 g/mol. The van der Waals surface area contributed by atoms with Crippen molar-refractivity contribution in [3.63, 3.8) is 0 Å². The Kier molecular flexibility index (Phi) is 5.40. The number of carbonyl (C=O) groups is 1. The number of alkyl halides is 6. The molecule has 0 heterocycles. The monoisotopic (exact) mass is 312 g/mol. The van der Waals surface area contributed by atoms with Crippen LogP contribution in [0.3, 0.4) is 0 Å². The summed E-state index contributed by atoms with van der Waals surface area (Å²) in [5, 5.41) is 0. The number of esters is 1. The Labute approximate surface area is 116 Å². The predicted molar refractivity (Wildman–Crippen MR) is 62.0 cm³/mol. The first-order chi connectivity index (χ1) is 9.62. The quantitative estimate of drug-likeness (QED) is 0.621. The Morgan fingerprint density at radius 2 is 1.57 bits per heavy atom. The largest absolute Gasteiger partial charge is 0.461 e. The summed E-state index contributed by atoms with van der Waals surface area (Å²) in [5.41, 5.74) is 0.664.